The Kier molecular flexibility index (Phi) is 4.14. The van der Waals surface area contributed by atoms with E-state index < -0.39 is 6.03 Å². The Bertz CT molecular complexity index is 313. The Morgan fingerprint density at radius 3 is 2.67 bits per heavy atom. The van der Waals surface area contributed by atoms with Crippen LogP contribution in [0, 0.1) is 0 Å². The molecule has 0 spiro atoms. The van der Waals surface area contributed by atoms with Gasteiger partial charge in [0.2, 0.25) is 5.95 Å². The van der Waals surface area contributed by atoms with Gasteiger partial charge in [-0.2, -0.15) is 0 Å². The summed E-state index contributed by atoms with van der Waals surface area (Å²) in [6, 6.07) is -0.549. The minimum atomic E-state index is -0.549. The fourth-order valence-corrected chi connectivity index (χ4v) is 0.873. The summed E-state index contributed by atoms with van der Waals surface area (Å²) in [6.45, 7) is 0.931. The van der Waals surface area contributed by atoms with Crippen LogP contribution in [0.1, 0.15) is 0 Å². The van der Waals surface area contributed by atoms with Crippen LogP contribution in [0.2, 0.25) is 0 Å². The van der Waals surface area contributed by atoms with E-state index in [0.717, 1.165) is 0 Å². The highest BCUT2D eigenvalue weighted by Crippen LogP contribution is 2.06. The first kappa shape index (κ1) is 11.0. The summed E-state index contributed by atoms with van der Waals surface area (Å²) in [5.41, 5.74) is 4.88. The van der Waals surface area contributed by atoms with E-state index in [1.54, 1.807) is 19.5 Å². The molecule has 1 rings (SSSR count). The molecule has 0 bridgehead atoms. The van der Waals surface area contributed by atoms with Gasteiger partial charge in [-0.15, -0.1) is 0 Å². The fraction of sp³-hybridized carbons (Fsp3) is 0.375. The number of ether oxygens (including phenoxy) is 1. The Morgan fingerprint density at radius 1 is 1.47 bits per heavy atom. The number of primary amides is 1. The minimum absolute atomic E-state index is 0.421. The highest BCUT2D eigenvalue weighted by Gasteiger charge is 1.96. The molecular formula is C8H13N5O2. The van der Waals surface area contributed by atoms with Gasteiger partial charge in [0.25, 0.3) is 0 Å². The lowest BCUT2D eigenvalue weighted by molar-refractivity contribution is 0.249. The van der Waals surface area contributed by atoms with Crippen LogP contribution in [0.5, 0.6) is 5.75 Å². The number of rotatable bonds is 5. The van der Waals surface area contributed by atoms with Gasteiger partial charge in [0.15, 0.2) is 5.75 Å². The zero-order valence-electron chi connectivity index (χ0n) is 8.36. The van der Waals surface area contributed by atoms with Crippen molar-refractivity contribution in [3.63, 3.8) is 0 Å². The molecule has 0 aliphatic rings. The van der Waals surface area contributed by atoms with E-state index in [1.165, 1.54) is 0 Å². The Balaban J connectivity index is 2.28. The first-order valence-corrected chi connectivity index (χ1v) is 4.35. The number of carbonyl (C=O) groups is 1. The third-order valence-electron chi connectivity index (χ3n) is 1.57. The molecule has 0 saturated carbocycles. The zero-order chi connectivity index (χ0) is 11.1. The van der Waals surface area contributed by atoms with Crippen molar-refractivity contribution in [2.24, 2.45) is 5.73 Å². The monoisotopic (exact) mass is 211 g/mol. The lowest BCUT2D eigenvalue weighted by Gasteiger charge is -2.05. The van der Waals surface area contributed by atoms with Gasteiger partial charge in [0, 0.05) is 13.1 Å². The van der Waals surface area contributed by atoms with Crippen molar-refractivity contribution < 1.29 is 9.53 Å². The summed E-state index contributed by atoms with van der Waals surface area (Å²) >= 11 is 0. The minimum Gasteiger partial charge on any atom is -0.494 e. The highest BCUT2D eigenvalue weighted by atomic mass is 16.5. The van der Waals surface area contributed by atoms with Crippen LogP contribution in [0.3, 0.4) is 0 Å². The van der Waals surface area contributed by atoms with Crippen LogP contribution in [-0.2, 0) is 0 Å². The lowest BCUT2D eigenvalue weighted by atomic mass is 10.6. The molecule has 0 unspecified atom stereocenters. The quantitative estimate of drug-likeness (QED) is 0.573. The van der Waals surface area contributed by atoms with Crippen LogP contribution >= 0.6 is 0 Å². The van der Waals surface area contributed by atoms with E-state index in [9.17, 15) is 4.79 Å². The largest absolute Gasteiger partial charge is 0.494 e. The fourth-order valence-electron chi connectivity index (χ4n) is 0.873. The molecule has 1 aromatic heterocycles. The standard InChI is InChI=1S/C8H13N5O2/c1-15-6-4-12-8(13-5-6)11-3-2-10-7(9)14/h4-5H,2-3H2,1H3,(H3,9,10,14)(H,11,12,13). The van der Waals surface area contributed by atoms with Gasteiger partial charge in [0.1, 0.15) is 0 Å². The van der Waals surface area contributed by atoms with Crippen LogP contribution in [0.15, 0.2) is 12.4 Å². The summed E-state index contributed by atoms with van der Waals surface area (Å²) in [6.07, 6.45) is 3.10. The number of nitrogens with two attached hydrogens (primary N) is 1. The predicted octanol–water partition coefficient (Wildman–Crippen LogP) is -0.435. The molecule has 0 atom stereocenters. The number of hydrogen-bond donors (Lipinski definition) is 3. The Labute approximate surface area is 87.0 Å². The topological polar surface area (TPSA) is 102 Å². The summed E-state index contributed by atoms with van der Waals surface area (Å²) in [5.74, 6) is 1.07. The molecule has 0 radical (unpaired) electrons. The number of methoxy groups -OCH3 is 1. The first-order valence-electron chi connectivity index (χ1n) is 4.35. The molecule has 0 saturated heterocycles. The number of nitrogens with one attached hydrogen (secondary N) is 2. The maximum atomic E-state index is 10.3. The molecule has 4 N–H and O–H groups in total. The van der Waals surface area contributed by atoms with Gasteiger partial charge in [-0.25, -0.2) is 14.8 Å². The van der Waals surface area contributed by atoms with Gasteiger partial charge in [-0.3, -0.25) is 0 Å². The van der Waals surface area contributed by atoms with E-state index in [4.69, 9.17) is 10.5 Å². The molecule has 7 heteroatoms. The normalized spacial score (nSPS) is 9.40. The van der Waals surface area contributed by atoms with Crippen molar-refractivity contribution in [1.29, 1.82) is 0 Å². The van der Waals surface area contributed by atoms with Crippen LogP contribution in [0.4, 0.5) is 10.7 Å². The average Bonchev–Trinajstić information content (AvgIpc) is 2.25. The van der Waals surface area contributed by atoms with Gasteiger partial charge in [-0.1, -0.05) is 0 Å². The number of urea groups is 1. The molecule has 0 fully saturated rings. The molecule has 2 amide bonds. The van der Waals surface area contributed by atoms with Gasteiger partial charge in [-0.05, 0) is 0 Å². The number of hydrogen-bond acceptors (Lipinski definition) is 5. The molecule has 0 aliphatic heterocycles. The summed E-state index contributed by atoms with van der Waals surface area (Å²) in [7, 11) is 1.54. The van der Waals surface area contributed by atoms with Crippen molar-refractivity contribution in [1.82, 2.24) is 15.3 Å². The van der Waals surface area contributed by atoms with Gasteiger partial charge >= 0.3 is 6.03 Å². The third kappa shape index (κ3) is 4.12. The van der Waals surface area contributed by atoms with E-state index in [1.807, 2.05) is 0 Å². The van der Waals surface area contributed by atoms with Crippen molar-refractivity contribution in [2.75, 3.05) is 25.5 Å². The predicted molar refractivity (Wildman–Crippen MR) is 54.7 cm³/mol. The highest BCUT2D eigenvalue weighted by molar-refractivity contribution is 5.71. The maximum Gasteiger partial charge on any atom is 0.312 e. The number of amides is 2. The van der Waals surface area contributed by atoms with Crippen molar-refractivity contribution in [2.45, 2.75) is 0 Å². The third-order valence-corrected chi connectivity index (χ3v) is 1.57. The Morgan fingerprint density at radius 2 is 2.13 bits per heavy atom. The van der Waals surface area contributed by atoms with Crippen LogP contribution < -0.4 is 21.1 Å². The van der Waals surface area contributed by atoms with Crippen LogP contribution in [0.25, 0.3) is 0 Å². The summed E-state index contributed by atoms with van der Waals surface area (Å²) in [4.78, 5) is 18.3. The molecular weight excluding hydrogens is 198 g/mol. The second-order valence-corrected chi connectivity index (χ2v) is 2.66. The van der Waals surface area contributed by atoms with E-state index in [0.29, 0.717) is 24.8 Å². The Hall–Kier alpha value is -2.05. The van der Waals surface area contributed by atoms with Crippen molar-refractivity contribution >= 4 is 12.0 Å². The molecule has 1 aromatic rings. The molecule has 0 aliphatic carbocycles. The first-order chi connectivity index (χ1) is 7.22. The lowest BCUT2D eigenvalue weighted by Crippen LogP contribution is -2.33. The molecule has 0 aromatic carbocycles. The second kappa shape index (κ2) is 5.63. The second-order valence-electron chi connectivity index (χ2n) is 2.66. The van der Waals surface area contributed by atoms with Crippen molar-refractivity contribution in [3.05, 3.63) is 12.4 Å². The maximum absolute atomic E-state index is 10.3. The number of nitrogens with zero attached hydrogens (tertiary/aromatic N) is 2. The number of aromatic nitrogens is 2. The SMILES string of the molecule is COc1cnc(NCCNC(N)=O)nc1. The zero-order valence-corrected chi connectivity index (χ0v) is 8.36. The van der Waals surface area contributed by atoms with E-state index >= 15 is 0 Å². The average molecular weight is 211 g/mol. The van der Waals surface area contributed by atoms with Gasteiger partial charge in [0.05, 0.1) is 19.5 Å². The summed E-state index contributed by atoms with van der Waals surface area (Å²) < 4.78 is 4.90. The summed E-state index contributed by atoms with van der Waals surface area (Å²) in [5, 5.41) is 5.34. The molecule has 7 nitrogen and oxygen atoms in total. The molecule has 15 heavy (non-hydrogen) atoms. The smallest absolute Gasteiger partial charge is 0.312 e. The van der Waals surface area contributed by atoms with Crippen LogP contribution in [-0.4, -0.2) is 36.2 Å². The molecule has 1 heterocycles. The van der Waals surface area contributed by atoms with Crippen molar-refractivity contribution in [3.8, 4) is 5.75 Å². The molecule has 82 valence electrons. The van der Waals surface area contributed by atoms with E-state index in [-0.39, 0.29) is 0 Å². The number of anilines is 1. The number of carbonyl (C=O) groups excluding carboxylic acids is 1. The van der Waals surface area contributed by atoms with Gasteiger partial charge < -0.3 is 21.1 Å². The van der Waals surface area contributed by atoms with E-state index in [2.05, 4.69) is 20.6 Å².